The Hall–Kier alpha value is -2.93. The lowest BCUT2D eigenvalue weighted by Crippen LogP contribution is -2.47. The number of rotatable bonds is 7. The number of carbonyl (C=O) groups is 2. The largest absolute Gasteiger partial charge is 0.354 e. The summed E-state index contributed by atoms with van der Waals surface area (Å²) in [6, 6.07) is 13.1. The quantitative estimate of drug-likeness (QED) is 0.771. The molecule has 1 aliphatic rings. The minimum Gasteiger partial charge on any atom is -0.354 e. The van der Waals surface area contributed by atoms with Gasteiger partial charge in [0.15, 0.2) is 0 Å². The molecule has 1 fully saturated rings. The zero-order valence-corrected chi connectivity index (χ0v) is 16.2. The van der Waals surface area contributed by atoms with Crippen molar-refractivity contribution in [3.8, 4) is 0 Å². The number of pyridine rings is 1. The number of aromatic nitrogens is 1. The molecule has 3 rings (SSSR count). The topological polar surface area (TPSA) is 77.6 Å². The van der Waals surface area contributed by atoms with Gasteiger partial charge in [-0.1, -0.05) is 13.0 Å². The van der Waals surface area contributed by atoms with Gasteiger partial charge in [0.2, 0.25) is 11.8 Å². The third kappa shape index (κ3) is 5.79. The summed E-state index contributed by atoms with van der Waals surface area (Å²) < 4.78 is 0. The number of nitrogens with zero attached hydrogens (tertiary/aromatic N) is 3. The van der Waals surface area contributed by atoms with Crippen molar-refractivity contribution in [1.29, 1.82) is 0 Å². The predicted molar refractivity (Wildman–Crippen MR) is 111 cm³/mol. The van der Waals surface area contributed by atoms with Gasteiger partial charge in [-0.2, -0.15) is 0 Å². The zero-order chi connectivity index (χ0) is 19.8. The lowest BCUT2D eigenvalue weighted by atomic mass is 10.2. The van der Waals surface area contributed by atoms with Gasteiger partial charge >= 0.3 is 0 Å². The van der Waals surface area contributed by atoms with Crippen LogP contribution < -0.4 is 15.5 Å². The number of nitrogens with one attached hydrogen (secondary N) is 2. The first-order chi connectivity index (χ1) is 13.6. The van der Waals surface area contributed by atoms with E-state index in [0.717, 1.165) is 49.9 Å². The third-order valence-electron chi connectivity index (χ3n) is 4.77. The highest BCUT2D eigenvalue weighted by Crippen LogP contribution is 2.15. The highest BCUT2D eigenvalue weighted by Gasteiger charge is 2.18. The van der Waals surface area contributed by atoms with Crippen molar-refractivity contribution in [1.82, 2.24) is 9.88 Å². The van der Waals surface area contributed by atoms with E-state index in [4.69, 9.17) is 0 Å². The first-order valence-electron chi connectivity index (χ1n) is 9.72. The van der Waals surface area contributed by atoms with Gasteiger partial charge in [0, 0.05) is 63.1 Å². The average Bonchev–Trinajstić information content (AvgIpc) is 2.74. The Morgan fingerprint density at radius 1 is 0.929 bits per heavy atom. The van der Waals surface area contributed by atoms with Crippen molar-refractivity contribution >= 4 is 29.0 Å². The summed E-state index contributed by atoms with van der Waals surface area (Å²) in [5, 5.41) is 5.70. The number of anilines is 3. The van der Waals surface area contributed by atoms with Crippen LogP contribution in [-0.4, -0.2) is 54.4 Å². The molecule has 2 amide bonds. The lowest BCUT2D eigenvalue weighted by molar-refractivity contribution is -0.117. The molecule has 0 saturated carbocycles. The molecule has 28 heavy (non-hydrogen) atoms. The van der Waals surface area contributed by atoms with Crippen LogP contribution in [0.15, 0.2) is 48.7 Å². The van der Waals surface area contributed by atoms with E-state index in [1.807, 2.05) is 31.3 Å². The number of benzene rings is 1. The molecule has 7 nitrogen and oxygen atoms in total. The van der Waals surface area contributed by atoms with E-state index in [1.165, 1.54) is 0 Å². The summed E-state index contributed by atoms with van der Waals surface area (Å²) in [5.41, 5.74) is 1.47. The molecule has 0 bridgehead atoms. The van der Waals surface area contributed by atoms with Gasteiger partial charge in [-0.3, -0.25) is 14.5 Å². The van der Waals surface area contributed by atoms with Crippen LogP contribution in [0.3, 0.4) is 0 Å². The van der Waals surface area contributed by atoms with Gasteiger partial charge in [-0.05, 0) is 36.4 Å². The summed E-state index contributed by atoms with van der Waals surface area (Å²) in [5.74, 6) is 0.982. The molecule has 2 heterocycles. The second-order valence-corrected chi connectivity index (χ2v) is 6.79. The lowest BCUT2D eigenvalue weighted by Gasteiger charge is -2.35. The highest BCUT2D eigenvalue weighted by molar-refractivity contribution is 5.92. The van der Waals surface area contributed by atoms with E-state index in [1.54, 1.807) is 24.3 Å². The SMILES string of the molecule is CCC(=O)Nc1ccc(NC(=O)CCN2CCN(c3ccccn3)CC2)cc1. The highest BCUT2D eigenvalue weighted by atomic mass is 16.2. The van der Waals surface area contributed by atoms with Crippen LogP contribution in [0, 0.1) is 0 Å². The molecule has 0 radical (unpaired) electrons. The monoisotopic (exact) mass is 381 g/mol. The number of carbonyl (C=O) groups excluding carboxylic acids is 2. The fourth-order valence-electron chi connectivity index (χ4n) is 3.11. The van der Waals surface area contributed by atoms with Crippen molar-refractivity contribution in [3.05, 3.63) is 48.7 Å². The maximum absolute atomic E-state index is 12.2. The molecule has 1 aromatic heterocycles. The molecule has 0 aliphatic carbocycles. The fourth-order valence-corrected chi connectivity index (χ4v) is 3.11. The smallest absolute Gasteiger partial charge is 0.225 e. The number of hydrogen-bond acceptors (Lipinski definition) is 5. The van der Waals surface area contributed by atoms with E-state index in [9.17, 15) is 9.59 Å². The normalized spacial score (nSPS) is 14.5. The van der Waals surface area contributed by atoms with Crippen molar-refractivity contribution in [2.45, 2.75) is 19.8 Å². The van der Waals surface area contributed by atoms with Gasteiger partial charge in [0.25, 0.3) is 0 Å². The van der Waals surface area contributed by atoms with E-state index in [-0.39, 0.29) is 11.8 Å². The van der Waals surface area contributed by atoms with Crippen LogP contribution >= 0.6 is 0 Å². The van der Waals surface area contributed by atoms with E-state index >= 15 is 0 Å². The Balaban J connectivity index is 1.38. The summed E-state index contributed by atoms with van der Waals surface area (Å²) in [6.45, 7) is 6.24. The van der Waals surface area contributed by atoms with Crippen LogP contribution in [0.25, 0.3) is 0 Å². The van der Waals surface area contributed by atoms with Crippen molar-refractivity contribution in [2.75, 3.05) is 48.3 Å². The molecule has 1 aromatic carbocycles. The van der Waals surface area contributed by atoms with Crippen LogP contribution in [0.4, 0.5) is 17.2 Å². The summed E-state index contributed by atoms with van der Waals surface area (Å²) in [7, 11) is 0. The van der Waals surface area contributed by atoms with Gasteiger partial charge in [-0.25, -0.2) is 4.98 Å². The molecule has 0 atom stereocenters. The molecule has 2 aromatic rings. The molecule has 7 heteroatoms. The Morgan fingerprint density at radius 3 is 2.14 bits per heavy atom. The second kappa shape index (κ2) is 9.85. The van der Waals surface area contributed by atoms with E-state index in [0.29, 0.717) is 12.8 Å². The first kappa shape index (κ1) is 19.8. The van der Waals surface area contributed by atoms with Crippen LogP contribution in [0.2, 0.25) is 0 Å². The minimum absolute atomic E-state index is 0.00232. The number of piperazine rings is 1. The fraction of sp³-hybridized carbons (Fsp3) is 0.381. The molecular weight excluding hydrogens is 354 g/mol. The number of hydrogen-bond donors (Lipinski definition) is 2. The molecular formula is C21H27N5O2. The molecule has 2 N–H and O–H groups in total. The summed E-state index contributed by atoms with van der Waals surface area (Å²) >= 11 is 0. The Kier molecular flexibility index (Phi) is 6.97. The maximum Gasteiger partial charge on any atom is 0.225 e. The van der Waals surface area contributed by atoms with Gasteiger partial charge < -0.3 is 15.5 Å². The van der Waals surface area contributed by atoms with Gasteiger partial charge in [-0.15, -0.1) is 0 Å². The van der Waals surface area contributed by atoms with Crippen molar-refractivity contribution in [3.63, 3.8) is 0 Å². The third-order valence-corrected chi connectivity index (χ3v) is 4.77. The standard InChI is InChI=1S/C21H27N5O2/c1-2-20(27)23-17-6-8-18(9-7-17)24-21(28)10-12-25-13-15-26(16-14-25)19-5-3-4-11-22-19/h3-9,11H,2,10,12-16H2,1H3,(H,23,27)(H,24,28). The molecule has 1 aliphatic heterocycles. The Bertz CT molecular complexity index is 771. The van der Waals surface area contributed by atoms with Crippen LogP contribution in [-0.2, 0) is 9.59 Å². The Labute approximate surface area is 165 Å². The molecule has 1 saturated heterocycles. The van der Waals surface area contributed by atoms with Crippen LogP contribution in [0.1, 0.15) is 19.8 Å². The van der Waals surface area contributed by atoms with Gasteiger partial charge in [0.1, 0.15) is 5.82 Å². The summed E-state index contributed by atoms with van der Waals surface area (Å²) in [4.78, 5) is 32.6. The molecule has 148 valence electrons. The predicted octanol–water partition coefficient (Wildman–Crippen LogP) is 2.58. The van der Waals surface area contributed by atoms with Crippen molar-refractivity contribution < 1.29 is 9.59 Å². The van der Waals surface area contributed by atoms with E-state index < -0.39 is 0 Å². The first-order valence-corrected chi connectivity index (χ1v) is 9.72. The van der Waals surface area contributed by atoms with Crippen molar-refractivity contribution in [2.24, 2.45) is 0 Å². The average molecular weight is 381 g/mol. The van der Waals surface area contributed by atoms with E-state index in [2.05, 4.69) is 25.4 Å². The molecule has 0 unspecified atom stereocenters. The Morgan fingerprint density at radius 2 is 1.57 bits per heavy atom. The second-order valence-electron chi connectivity index (χ2n) is 6.79. The van der Waals surface area contributed by atoms with Crippen LogP contribution in [0.5, 0.6) is 0 Å². The molecule has 0 spiro atoms. The minimum atomic E-state index is -0.0278. The maximum atomic E-state index is 12.2. The number of amides is 2. The summed E-state index contributed by atoms with van der Waals surface area (Å²) in [6.07, 6.45) is 2.71. The van der Waals surface area contributed by atoms with Gasteiger partial charge in [0.05, 0.1) is 0 Å². The zero-order valence-electron chi connectivity index (χ0n) is 16.2.